The quantitative estimate of drug-likeness (QED) is 0.670. The predicted molar refractivity (Wildman–Crippen MR) is 105 cm³/mol. The summed E-state index contributed by atoms with van der Waals surface area (Å²) in [5, 5.41) is 0. The van der Waals surface area contributed by atoms with E-state index in [0.29, 0.717) is 6.42 Å². The van der Waals surface area contributed by atoms with E-state index in [2.05, 4.69) is 16.7 Å². The van der Waals surface area contributed by atoms with Gasteiger partial charge >= 0.3 is 0 Å². The van der Waals surface area contributed by atoms with E-state index in [4.69, 9.17) is 4.74 Å². The van der Waals surface area contributed by atoms with Crippen molar-refractivity contribution in [3.8, 4) is 11.5 Å². The van der Waals surface area contributed by atoms with Crippen molar-refractivity contribution in [2.24, 2.45) is 0 Å². The fraction of sp³-hybridized carbons (Fsp3) is 0.409. The van der Waals surface area contributed by atoms with E-state index >= 15 is 0 Å². The first kappa shape index (κ1) is 18.6. The van der Waals surface area contributed by atoms with Crippen LogP contribution in [0.4, 0.5) is 0 Å². The van der Waals surface area contributed by atoms with Gasteiger partial charge in [0, 0.05) is 44.7 Å². The highest BCUT2D eigenvalue weighted by atomic mass is 16.5. The summed E-state index contributed by atoms with van der Waals surface area (Å²) in [4.78, 5) is 17.3. The molecule has 1 aliphatic heterocycles. The van der Waals surface area contributed by atoms with Crippen molar-refractivity contribution in [2.75, 3.05) is 39.3 Å². The number of hydrogen-bond acceptors (Lipinski definition) is 4. The zero-order valence-corrected chi connectivity index (χ0v) is 15.6. The average Bonchev–Trinajstić information content (AvgIpc) is 2.69. The number of carbonyl (C=O) groups is 1. The van der Waals surface area contributed by atoms with Crippen LogP contribution in [0.3, 0.4) is 0 Å². The average molecular weight is 352 g/mol. The van der Waals surface area contributed by atoms with Crippen molar-refractivity contribution in [2.45, 2.75) is 19.8 Å². The molecule has 2 aromatic rings. The summed E-state index contributed by atoms with van der Waals surface area (Å²) in [6, 6.07) is 17.1. The zero-order valence-electron chi connectivity index (χ0n) is 15.6. The maximum atomic E-state index is 12.4. The number of ether oxygens (including phenoxy) is 1. The van der Waals surface area contributed by atoms with Crippen LogP contribution in [0, 0.1) is 0 Å². The Bertz CT molecular complexity index is 677. The molecule has 138 valence electrons. The second kappa shape index (κ2) is 9.51. The van der Waals surface area contributed by atoms with E-state index in [1.165, 1.54) is 13.0 Å². The minimum atomic E-state index is 0.201. The van der Waals surface area contributed by atoms with Crippen molar-refractivity contribution in [1.82, 2.24) is 9.80 Å². The van der Waals surface area contributed by atoms with E-state index in [0.717, 1.165) is 49.8 Å². The predicted octanol–water partition coefficient (Wildman–Crippen LogP) is 4.08. The molecule has 0 atom stereocenters. The second-order valence-corrected chi connectivity index (χ2v) is 6.80. The minimum absolute atomic E-state index is 0.201. The molecule has 1 heterocycles. The van der Waals surface area contributed by atoms with E-state index < -0.39 is 0 Å². The van der Waals surface area contributed by atoms with Gasteiger partial charge in [-0.3, -0.25) is 4.79 Å². The first-order valence-corrected chi connectivity index (χ1v) is 9.55. The van der Waals surface area contributed by atoms with E-state index in [1.54, 1.807) is 0 Å². The monoisotopic (exact) mass is 352 g/mol. The van der Waals surface area contributed by atoms with Crippen molar-refractivity contribution in [3.63, 3.8) is 0 Å². The van der Waals surface area contributed by atoms with Crippen LogP contribution in [0.2, 0.25) is 0 Å². The van der Waals surface area contributed by atoms with Crippen molar-refractivity contribution >= 4 is 5.78 Å². The Kier molecular flexibility index (Phi) is 6.81. The number of para-hydroxylation sites is 1. The molecule has 4 heteroatoms. The third kappa shape index (κ3) is 5.41. The Labute approximate surface area is 156 Å². The first-order chi connectivity index (χ1) is 12.7. The molecule has 0 aromatic heterocycles. The summed E-state index contributed by atoms with van der Waals surface area (Å²) in [6.45, 7) is 8.63. The number of nitrogens with zero attached hydrogens (tertiary/aromatic N) is 2. The van der Waals surface area contributed by atoms with Gasteiger partial charge in [0.2, 0.25) is 0 Å². The molecular weight excluding hydrogens is 324 g/mol. The van der Waals surface area contributed by atoms with Gasteiger partial charge in [-0.05, 0) is 49.4 Å². The number of ketones is 1. The molecule has 0 aliphatic carbocycles. The summed E-state index contributed by atoms with van der Waals surface area (Å²) in [6.07, 6.45) is 1.79. The molecule has 0 amide bonds. The van der Waals surface area contributed by atoms with E-state index in [1.807, 2.05) is 54.6 Å². The third-order valence-electron chi connectivity index (χ3n) is 4.82. The van der Waals surface area contributed by atoms with Crippen LogP contribution in [-0.4, -0.2) is 54.9 Å². The lowest BCUT2D eigenvalue weighted by atomic mass is 10.1. The highest BCUT2D eigenvalue weighted by molar-refractivity contribution is 5.96. The minimum Gasteiger partial charge on any atom is -0.457 e. The van der Waals surface area contributed by atoms with Gasteiger partial charge in [-0.15, -0.1) is 0 Å². The first-order valence-electron chi connectivity index (χ1n) is 9.55. The Morgan fingerprint density at radius 2 is 1.42 bits per heavy atom. The van der Waals surface area contributed by atoms with Gasteiger partial charge in [-0.2, -0.15) is 0 Å². The summed E-state index contributed by atoms with van der Waals surface area (Å²) in [7, 11) is 0. The fourth-order valence-electron chi connectivity index (χ4n) is 3.29. The molecule has 0 radical (unpaired) electrons. The second-order valence-electron chi connectivity index (χ2n) is 6.80. The number of hydrogen-bond donors (Lipinski definition) is 0. The smallest absolute Gasteiger partial charge is 0.164 e. The van der Waals surface area contributed by atoms with Gasteiger partial charge in [0.15, 0.2) is 5.78 Å². The molecule has 1 aliphatic rings. The van der Waals surface area contributed by atoms with Crippen molar-refractivity contribution in [1.29, 1.82) is 0 Å². The van der Waals surface area contributed by atoms with Gasteiger partial charge < -0.3 is 14.5 Å². The van der Waals surface area contributed by atoms with Crippen LogP contribution in [-0.2, 0) is 0 Å². The van der Waals surface area contributed by atoms with Crippen LogP contribution in [0.5, 0.6) is 11.5 Å². The molecule has 1 fully saturated rings. The number of carbonyl (C=O) groups excluding carboxylic acids is 1. The van der Waals surface area contributed by atoms with Crippen LogP contribution in [0.15, 0.2) is 54.6 Å². The lowest BCUT2D eigenvalue weighted by molar-refractivity contribution is 0.0928. The van der Waals surface area contributed by atoms with Gasteiger partial charge in [-0.1, -0.05) is 25.1 Å². The molecule has 0 unspecified atom stereocenters. The Morgan fingerprint density at radius 1 is 0.846 bits per heavy atom. The van der Waals surface area contributed by atoms with E-state index in [-0.39, 0.29) is 5.78 Å². The summed E-state index contributed by atoms with van der Waals surface area (Å²) in [5.74, 6) is 1.75. The maximum Gasteiger partial charge on any atom is 0.164 e. The fourth-order valence-corrected chi connectivity index (χ4v) is 3.29. The summed E-state index contributed by atoms with van der Waals surface area (Å²) >= 11 is 0. The SMILES string of the molecule is CCCN1CCN(CCC(=O)c2ccc(Oc3ccccc3)cc2)CC1. The Balaban J connectivity index is 1.45. The standard InChI is InChI=1S/C22H28N2O2/c1-2-13-23-15-17-24(18-16-23)14-12-22(25)19-8-10-21(11-9-19)26-20-6-4-3-5-7-20/h3-11H,2,12-18H2,1H3. The van der Waals surface area contributed by atoms with Gasteiger partial charge in [-0.25, -0.2) is 0 Å². The van der Waals surface area contributed by atoms with Crippen LogP contribution in [0.25, 0.3) is 0 Å². The number of piperazine rings is 1. The lowest BCUT2D eigenvalue weighted by Gasteiger charge is -2.34. The molecule has 3 rings (SSSR count). The normalized spacial score (nSPS) is 15.7. The molecule has 26 heavy (non-hydrogen) atoms. The molecule has 0 N–H and O–H groups in total. The number of Topliss-reactive ketones (excluding diaryl/α,β-unsaturated/α-hetero) is 1. The molecule has 2 aromatic carbocycles. The summed E-state index contributed by atoms with van der Waals surface area (Å²) in [5.41, 5.74) is 0.759. The molecule has 0 bridgehead atoms. The molecule has 0 spiro atoms. The molecule has 1 saturated heterocycles. The number of benzene rings is 2. The van der Waals surface area contributed by atoms with Crippen LogP contribution < -0.4 is 4.74 Å². The largest absolute Gasteiger partial charge is 0.457 e. The maximum absolute atomic E-state index is 12.4. The third-order valence-corrected chi connectivity index (χ3v) is 4.82. The van der Waals surface area contributed by atoms with Crippen LogP contribution in [0.1, 0.15) is 30.1 Å². The summed E-state index contributed by atoms with van der Waals surface area (Å²) < 4.78 is 5.77. The highest BCUT2D eigenvalue weighted by Gasteiger charge is 2.17. The topological polar surface area (TPSA) is 32.8 Å². The van der Waals surface area contributed by atoms with Crippen LogP contribution >= 0.6 is 0 Å². The lowest BCUT2D eigenvalue weighted by Crippen LogP contribution is -2.46. The van der Waals surface area contributed by atoms with Gasteiger partial charge in [0.1, 0.15) is 11.5 Å². The van der Waals surface area contributed by atoms with Gasteiger partial charge in [0.05, 0.1) is 0 Å². The highest BCUT2D eigenvalue weighted by Crippen LogP contribution is 2.21. The molecular formula is C22H28N2O2. The zero-order chi connectivity index (χ0) is 18.2. The van der Waals surface area contributed by atoms with E-state index in [9.17, 15) is 4.79 Å². The Morgan fingerprint density at radius 3 is 2.04 bits per heavy atom. The molecule has 0 saturated carbocycles. The van der Waals surface area contributed by atoms with Gasteiger partial charge in [0.25, 0.3) is 0 Å². The number of rotatable bonds is 8. The van der Waals surface area contributed by atoms with Crippen molar-refractivity contribution < 1.29 is 9.53 Å². The Hall–Kier alpha value is -2.17. The molecule has 4 nitrogen and oxygen atoms in total. The van der Waals surface area contributed by atoms with Crippen molar-refractivity contribution in [3.05, 3.63) is 60.2 Å².